The van der Waals surface area contributed by atoms with Gasteiger partial charge in [0, 0.05) is 12.5 Å². The lowest BCUT2D eigenvalue weighted by molar-refractivity contribution is 0.474. The molecule has 0 bridgehead atoms. The van der Waals surface area contributed by atoms with E-state index in [1.807, 2.05) is 0 Å². The normalized spacial score (nSPS) is 11.4. The number of nitrogens with zero attached hydrogens (tertiary/aromatic N) is 1. The number of aromatic hydroxyl groups is 1. The van der Waals surface area contributed by atoms with E-state index in [2.05, 4.69) is 18.8 Å². The Morgan fingerprint density at radius 2 is 2.21 bits per heavy atom. The Hall–Kier alpha value is -1.51. The van der Waals surface area contributed by atoms with Crippen molar-refractivity contribution in [2.24, 2.45) is 5.92 Å². The molecule has 1 aromatic carbocycles. The minimum atomic E-state index is 0.224. The fourth-order valence-corrected chi connectivity index (χ4v) is 1.40. The average molecular weight is 191 g/mol. The zero-order valence-electron chi connectivity index (χ0n) is 8.32. The average Bonchev–Trinajstić information content (AvgIpc) is 2.44. The van der Waals surface area contributed by atoms with E-state index in [1.165, 1.54) is 0 Å². The maximum absolute atomic E-state index is 9.24. The molecule has 0 atom stereocenters. The summed E-state index contributed by atoms with van der Waals surface area (Å²) in [6.45, 7) is 4.23. The van der Waals surface area contributed by atoms with Gasteiger partial charge in [-0.25, -0.2) is 4.98 Å². The first-order chi connectivity index (χ1) is 6.65. The molecule has 14 heavy (non-hydrogen) atoms. The van der Waals surface area contributed by atoms with Crippen LogP contribution < -0.4 is 0 Å². The van der Waals surface area contributed by atoms with Crippen LogP contribution in [0.2, 0.25) is 0 Å². The van der Waals surface area contributed by atoms with Gasteiger partial charge in [0.2, 0.25) is 0 Å². The van der Waals surface area contributed by atoms with Gasteiger partial charge in [-0.1, -0.05) is 13.8 Å². The first-order valence-corrected chi connectivity index (χ1v) is 4.73. The fraction of sp³-hybridized carbons (Fsp3) is 0.364. The smallest absolute Gasteiger partial charge is 0.195 e. The Morgan fingerprint density at radius 1 is 1.43 bits per heavy atom. The molecule has 74 valence electrons. The van der Waals surface area contributed by atoms with Gasteiger partial charge in [0.1, 0.15) is 11.3 Å². The molecule has 1 aromatic heterocycles. The lowest BCUT2D eigenvalue weighted by Gasteiger charge is -1.96. The van der Waals surface area contributed by atoms with Crippen molar-refractivity contribution in [2.75, 3.05) is 0 Å². The summed E-state index contributed by atoms with van der Waals surface area (Å²) in [6.07, 6.45) is 0.829. The number of hydrogen-bond donors (Lipinski definition) is 1. The summed E-state index contributed by atoms with van der Waals surface area (Å²) >= 11 is 0. The summed E-state index contributed by atoms with van der Waals surface area (Å²) in [5.41, 5.74) is 1.46. The molecule has 0 unspecified atom stereocenters. The molecule has 0 aliphatic rings. The Balaban J connectivity index is 2.41. The van der Waals surface area contributed by atoms with Crippen LogP contribution in [0.15, 0.2) is 22.6 Å². The number of fused-ring (bicyclic) bond motifs is 1. The highest BCUT2D eigenvalue weighted by Gasteiger charge is 2.07. The lowest BCUT2D eigenvalue weighted by Crippen LogP contribution is -1.93. The summed E-state index contributed by atoms with van der Waals surface area (Å²) in [6, 6.07) is 4.96. The van der Waals surface area contributed by atoms with Crippen LogP contribution >= 0.6 is 0 Å². The molecular weight excluding hydrogens is 178 g/mol. The van der Waals surface area contributed by atoms with E-state index in [9.17, 15) is 5.11 Å². The van der Waals surface area contributed by atoms with E-state index >= 15 is 0 Å². The molecule has 3 heteroatoms. The van der Waals surface area contributed by atoms with Gasteiger partial charge in [0.15, 0.2) is 11.5 Å². The second kappa shape index (κ2) is 3.33. The van der Waals surface area contributed by atoms with Crippen LogP contribution in [0.25, 0.3) is 11.1 Å². The molecule has 0 fully saturated rings. The van der Waals surface area contributed by atoms with E-state index in [-0.39, 0.29) is 5.75 Å². The molecule has 0 aliphatic heterocycles. The molecular formula is C11H13NO2. The number of phenols is 1. The van der Waals surface area contributed by atoms with Gasteiger partial charge in [0.05, 0.1) is 0 Å². The highest BCUT2D eigenvalue weighted by molar-refractivity contribution is 5.74. The molecule has 1 heterocycles. The second-order valence-electron chi connectivity index (χ2n) is 3.86. The molecule has 0 saturated carbocycles. The summed E-state index contributed by atoms with van der Waals surface area (Å²) in [4.78, 5) is 4.29. The van der Waals surface area contributed by atoms with Crippen molar-refractivity contribution >= 4 is 11.1 Å². The van der Waals surface area contributed by atoms with Gasteiger partial charge in [-0.3, -0.25) is 0 Å². The lowest BCUT2D eigenvalue weighted by atomic mass is 10.1. The van der Waals surface area contributed by atoms with Crippen LogP contribution in [0.4, 0.5) is 0 Å². The number of rotatable bonds is 2. The number of benzene rings is 1. The van der Waals surface area contributed by atoms with Gasteiger partial charge >= 0.3 is 0 Å². The standard InChI is InChI=1S/C11H13NO2/c1-7(2)5-11-12-9-6-8(13)3-4-10(9)14-11/h3-4,6-7,13H,5H2,1-2H3. The molecule has 1 N–H and O–H groups in total. The van der Waals surface area contributed by atoms with Crippen molar-refractivity contribution in [2.45, 2.75) is 20.3 Å². The number of hydrogen-bond acceptors (Lipinski definition) is 3. The Bertz CT molecular complexity index is 445. The third kappa shape index (κ3) is 1.71. The molecule has 0 aliphatic carbocycles. The van der Waals surface area contributed by atoms with E-state index in [0.29, 0.717) is 5.92 Å². The molecule has 2 aromatic rings. The van der Waals surface area contributed by atoms with Crippen molar-refractivity contribution in [1.29, 1.82) is 0 Å². The summed E-state index contributed by atoms with van der Waals surface area (Å²) < 4.78 is 5.51. The molecule has 3 nitrogen and oxygen atoms in total. The Kier molecular flexibility index (Phi) is 2.15. The summed E-state index contributed by atoms with van der Waals surface area (Å²) in [5.74, 6) is 1.49. The fourth-order valence-electron chi connectivity index (χ4n) is 1.40. The highest BCUT2D eigenvalue weighted by Crippen LogP contribution is 2.21. The highest BCUT2D eigenvalue weighted by atomic mass is 16.3. The zero-order chi connectivity index (χ0) is 10.1. The maximum atomic E-state index is 9.24. The van der Waals surface area contributed by atoms with Gasteiger partial charge in [-0.05, 0) is 18.1 Å². The predicted molar refractivity (Wildman–Crippen MR) is 54.2 cm³/mol. The molecule has 0 amide bonds. The monoisotopic (exact) mass is 191 g/mol. The van der Waals surface area contributed by atoms with Crippen LogP contribution in [0.3, 0.4) is 0 Å². The van der Waals surface area contributed by atoms with Crippen molar-refractivity contribution < 1.29 is 9.52 Å². The predicted octanol–water partition coefficient (Wildman–Crippen LogP) is 2.73. The van der Waals surface area contributed by atoms with Gasteiger partial charge < -0.3 is 9.52 Å². The molecule has 0 radical (unpaired) electrons. The Morgan fingerprint density at radius 3 is 2.93 bits per heavy atom. The molecule has 2 rings (SSSR count). The third-order valence-corrected chi connectivity index (χ3v) is 2.00. The van der Waals surface area contributed by atoms with E-state index in [1.54, 1.807) is 18.2 Å². The van der Waals surface area contributed by atoms with Crippen LogP contribution in [-0.2, 0) is 6.42 Å². The van der Waals surface area contributed by atoms with E-state index in [4.69, 9.17) is 4.42 Å². The summed E-state index contributed by atoms with van der Waals surface area (Å²) in [7, 11) is 0. The first kappa shape index (κ1) is 9.06. The zero-order valence-corrected chi connectivity index (χ0v) is 8.32. The SMILES string of the molecule is CC(C)Cc1nc2cc(O)ccc2o1. The molecule has 0 saturated heterocycles. The third-order valence-electron chi connectivity index (χ3n) is 2.00. The van der Waals surface area contributed by atoms with Crippen LogP contribution in [-0.4, -0.2) is 10.1 Å². The van der Waals surface area contributed by atoms with Gasteiger partial charge in [-0.15, -0.1) is 0 Å². The largest absolute Gasteiger partial charge is 0.508 e. The van der Waals surface area contributed by atoms with Crippen LogP contribution in [0, 0.1) is 5.92 Å². The quantitative estimate of drug-likeness (QED) is 0.793. The minimum Gasteiger partial charge on any atom is -0.508 e. The number of oxazole rings is 1. The van der Waals surface area contributed by atoms with Crippen molar-refractivity contribution in [1.82, 2.24) is 4.98 Å². The topological polar surface area (TPSA) is 46.3 Å². The Labute approximate surface area is 82.4 Å². The van der Waals surface area contributed by atoms with Crippen LogP contribution in [0.1, 0.15) is 19.7 Å². The van der Waals surface area contributed by atoms with Gasteiger partial charge in [0.25, 0.3) is 0 Å². The second-order valence-corrected chi connectivity index (χ2v) is 3.86. The number of phenolic OH excluding ortho intramolecular Hbond substituents is 1. The first-order valence-electron chi connectivity index (χ1n) is 4.73. The van der Waals surface area contributed by atoms with Gasteiger partial charge in [-0.2, -0.15) is 0 Å². The number of aromatic nitrogens is 1. The molecule has 0 spiro atoms. The summed E-state index contributed by atoms with van der Waals surface area (Å²) in [5, 5.41) is 9.24. The van der Waals surface area contributed by atoms with Crippen LogP contribution in [0.5, 0.6) is 5.75 Å². The minimum absolute atomic E-state index is 0.224. The van der Waals surface area contributed by atoms with E-state index < -0.39 is 0 Å². The maximum Gasteiger partial charge on any atom is 0.195 e. The van der Waals surface area contributed by atoms with E-state index in [0.717, 1.165) is 23.4 Å². The van der Waals surface area contributed by atoms with Crippen molar-refractivity contribution in [3.8, 4) is 5.75 Å². The van der Waals surface area contributed by atoms with Crippen molar-refractivity contribution in [3.63, 3.8) is 0 Å². The van der Waals surface area contributed by atoms with Crippen molar-refractivity contribution in [3.05, 3.63) is 24.1 Å².